The molecule has 26 heavy (non-hydrogen) atoms. The quantitative estimate of drug-likeness (QED) is 0.308. The molecular formula is C23H16N2O. The van der Waals surface area contributed by atoms with E-state index in [4.69, 9.17) is 0 Å². The summed E-state index contributed by atoms with van der Waals surface area (Å²) < 4.78 is 0. The van der Waals surface area contributed by atoms with Crippen molar-refractivity contribution < 1.29 is 4.79 Å². The first-order chi connectivity index (χ1) is 12.7. The van der Waals surface area contributed by atoms with E-state index >= 15 is 0 Å². The summed E-state index contributed by atoms with van der Waals surface area (Å²) in [4.78, 5) is 16.2. The Morgan fingerprint density at radius 2 is 1.73 bits per heavy atom. The molecule has 0 saturated heterocycles. The Hall–Kier alpha value is -3.64. The predicted molar refractivity (Wildman–Crippen MR) is 105 cm³/mol. The van der Waals surface area contributed by atoms with Crippen LogP contribution in [-0.4, -0.2) is 10.8 Å². The lowest BCUT2D eigenvalue weighted by molar-refractivity contribution is 0.104. The third-order valence-electron chi connectivity index (χ3n) is 4.57. The summed E-state index contributed by atoms with van der Waals surface area (Å²) in [6.07, 6.45) is 1.66. The molecule has 1 N–H and O–H groups in total. The monoisotopic (exact) mass is 336 g/mol. The van der Waals surface area contributed by atoms with E-state index in [1.807, 2.05) is 73.7 Å². The molecule has 3 aromatic carbocycles. The van der Waals surface area contributed by atoms with Gasteiger partial charge in [-0.2, -0.15) is 5.26 Å². The van der Waals surface area contributed by atoms with Gasteiger partial charge in [-0.3, -0.25) is 4.79 Å². The third-order valence-corrected chi connectivity index (χ3v) is 4.57. The molecule has 1 heterocycles. The lowest BCUT2D eigenvalue weighted by Crippen LogP contribution is -2.03. The Balaban J connectivity index is 1.80. The lowest BCUT2D eigenvalue weighted by Gasteiger charge is -2.02. The van der Waals surface area contributed by atoms with Crippen molar-refractivity contribution in [1.82, 2.24) is 4.98 Å². The van der Waals surface area contributed by atoms with Gasteiger partial charge < -0.3 is 4.98 Å². The minimum Gasteiger partial charge on any atom is -0.358 e. The molecule has 0 saturated carbocycles. The maximum atomic E-state index is 13.0. The molecule has 0 aliphatic rings. The maximum Gasteiger partial charge on any atom is 0.205 e. The SMILES string of the molecule is Cc1[nH]c2ccccc2c1C(=O)/C(C#N)=C/c1ccc2ccccc2c1. The second-order valence-corrected chi connectivity index (χ2v) is 6.28. The second-order valence-electron chi connectivity index (χ2n) is 6.28. The summed E-state index contributed by atoms with van der Waals surface area (Å²) in [6.45, 7) is 1.86. The molecule has 0 spiro atoms. The molecule has 1 aromatic heterocycles. The number of carbonyl (C=O) groups excluding carboxylic acids is 1. The van der Waals surface area contributed by atoms with Gasteiger partial charge >= 0.3 is 0 Å². The van der Waals surface area contributed by atoms with Crippen LogP contribution in [0, 0.1) is 18.3 Å². The number of nitrogens with zero attached hydrogens (tertiary/aromatic N) is 1. The molecule has 0 atom stereocenters. The molecular weight excluding hydrogens is 320 g/mol. The van der Waals surface area contributed by atoms with Crippen LogP contribution in [0.5, 0.6) is 0 Å². The van der Waals surface area contributed by atoms with E-state index in [0.717, 1.165) is 32.9 Å². The van der Waals surface area contributed by atoms with Crippen molar-refractivity contribution >= 4 is 33.5 Å². The molecule has 0 aliphatic heterocycles. The number of benzene rings is 3. The summed E-state index contributed by atoms with van der Waals surface area (Å²) in [6, 6.07) is 23.6. The highest BCUT2D eigenvalue weighted by Gasteiger charge is 2.19. The minimum atomic E-state index is -0.254. The Labute approximate surface area is 151 Å². The molecule has 3 heteroatoms. The maximum absolute atomic E-state index is 13.0. The first-order valence-electron chi connectivity index (χ1n) is 8.40. The van der Waals surface area contributed by atoms with Crippen LogP contribution in [0.4, 0.5) is 0 Å². The van der Waals surface area contributed by atoms with Gasteiger partial charge in [0.1, 0.15) is 11.6 Å². The largest absolute Gasteiger partial charge is 0.358 e. The van der Waals surface area contributed by atoms with Crippen molar-refractivity contribution in [3.05, 3.63) is 89.1 Å². The summed E-state index contributed by atoms with van der Waals surface area (Å²) in [5.74, 6) is -0.254. The van der Waals surface area contributed by atoms with E-state index in [1.165, 1.54) is 0 Å². The molecule has 0 unspecified atom stereocenters. The highest BCUT2D eigenvalue weighted by atomic mass is 16.1. The highest BCUT2D eigenvalue weighted by Crippen LogP contribution is 2.25. The number of nitrogens with one attached hydrogen (secondary N) is 1. The Morgan fingerprint density at radius 3 is 2.54 bits per heavy atom. The number of H-pyrrole nitrogens is 1. The van der Waals surface area contributed by atoms with Crippen LogP contribution in [0.3, 0.4) is 0 Å². The van der Waals surface area contributed by atoms with E-state index in [9.17, 15) is 10.1 Å². The van der Waals surface area contributed by atoms with Crippen molar-refractivity contribution in [3.8, 4) is 6.07 Å². The van der Waals surface area contributed by atoms with Gasteiger partial charge in [-0.05, 0) is 41.5 Å². The van der Waals surface area contributed by atoms with Gasteiger partial charge in [-0.25, -0.2) is 0 Å². The van der Waals surface area contributed by atoms with Crippen molar-refractivity contribution in [2.24, 2.45) is 0 Å². The Morgan fingerprint density at radius 1 is 1.00 bits per heavy atom. The number of rotatable bonds is 3. The Kier molecular flexibility index (Phi) is 3.87. The lowest BCUT2D eigenvalue weighted by atomic mass is 9.98. The zero-order valence-electron chi connectivity index (χ0n) is 14.3. The topological polar surface area (TPSA) is 56.6 Å². The highest BCUT2D eigenvalue weighted by molar-refractivity contribution is 6.20. The van der Waals surface area contributed by atoms with E-state index in [1.54, 1.807) is 6.08 Å². The zero-order valence-corrected chi connectivity index (χ0v) is 14.3. The number of allylic oxidation sites excluding steroid dienone is 1. The van der Waals surface area contributed by atoms with Gasteiger partial charge in [-0.15, -0.1) is 0 Å². The summed E-state index contributed by atoms with van der Waals surface area (Å²) in [5, 5.41) is 12.6. The molecule has 0 fully saturated rings. The number of aromatic amines is 1. The third kappa shape index (κ3) is 2.68. The first kappa shape index (κ1) is 15.9. The number of ketones is 1. The molecule has 3 nitrogen and oxygen atoms in total. The number of Topliss-reactive ketones (excluding diaryl/α,β-unsaturated/α-hetero) is 1. The molecule has 124 valence electrons. The molecule has 4 rings (SSSR count). The average Bonchev–Trinajstić information content (AvgIpc) is 3.01. The molecule has 0 aliphatic carbocycles. The first-order valence-corrected chi connectivity index (χ1v) is 8.40. The van der Waals surface area contributed by atoms with Gasteiger partial charge in [0, 0.05) is 16.6 Å². The molecule has 0 amide bonds. The van der Waals surface area contributed by atoms with Crippen molar-refractivity contribution in [1.29, 1.82) is 5.26 Å². The fraction of sp³-hybridized carbons (Fsp3) is 0.0435. The average molecular weight is 336 g/mol. The van der Waals surface area contributed by atoms with E-state index in [2.05, 4.69) is 11.1 Å². The van der Waals surface area contributed by atoms with Crippen LogP contribution in [-0.2, 0) is 0 Å². The number of carbonyl (C=O) groups is 1. The van der Waals surface area contributed by atoms with Crippen molar-refractivity contribution in [3.63, 3.8) is 0 Å². The van der Waals surface area contributed by atoms with Crippen LogP contribution in [0.2, 0.25) is 0 Å². The molecule has 0 radical (unpaired) electrons. The van der Waals surface area contributed by atoms with E-state index < -0.39 is 0 Å². The second kappa shape index (κ2) is 6.34. The van der Waals surface area contributed by atoms with Crippen molar-refractivity contribution in [2.45, 2.75) is 6.92 Å². The number of nitriles is 1. The minimum absolute atomic E-state index is 0.133. The number of aryl methyl sites for hydroxylation is 1. The summed E-state index contributed by atoms with van der Waals surface area (Å²) in [5.41, 5.74) is 3.21. The van der Waals surface area contributed by atoms with Crippen LogP contribution in [0.1, 0.15) is 21.6 Å². The van der Waals surface area contributed by atoms with Gasteiger partial charge in [0.05, 0.1) is 5.56 Å². The number of hydrogen-bond donors (Lipinski definition) is 1. The number of fused-ring (bicyclic) bond motifs is 2. The number of hydrogen-bond acceptors (Lipinski definition) is 2. The number of aromatic nitrogens is 1. The number of para-hydroxylation sites is 1. The zero-order chi connectivity index (χ0) is 18.1. The van der Waals surface area contributed by atoms with Gasteiger partial charge in [0.25, 0.3) is 0 Å². The predicted octanol–water partition coefficient (Wildman–Crippen LogP) is 5.42. The van der Waals surface area contributed by atoms with Crippen LogP contribution < -0.4 is 0 Å². The van der Waals surface area contributed by atoms with Gasteiger partial charge in [-0.1, -0.05) is 54.6 Å². The molecule has 4 aromatic rings. The fourth-order valence-corrected chi connectivity index (χ4v) is 3.32. The van der Waals surface area contributed by atoms with Gasteiger partial charge in [0.15, 0.2) is 0 Å². The Bertz CT molecular complexity index is 1220. The summed E-state index contributed by atoms with van der Waals surface area (Å²) in [7, 11) is 0. The van der Waals surface area contributed by atoms with Crippen LogP contribution >= 0.6 is 0 Å². The van der Waals surface area contributed by atoms with E-state index in [-0.39, 0.29) is 11.4 Å². The smallest absolute Gasteiger partial charge is 0.205 e. The van der Waals surface area contributed by atoms with E-state index in [0.29, 0.717) is 5.56 Å². The normalized spacial score (nSPS) is 11.6. The fourth-order valence-electron chi connectivity index (χ4n) is 3.32. The van der Waals surface area contributed by atoms with Gasteiger partial charge in [0.2, 0.25) is 5.78 Å². The standard InChI is InChI=1S/C23H16N2O/c1-15-22(20-8-4-5-9-21(20)25-15)23(26)19(14-24)13-16-10-11-17-6-2-3-7-18(17)12-16/h2-13,25H,1H3/b19-13+. The molecule has 0 bridgehead atoms. The van der Waals surface area contributed by atoms with Crippen molar-refractivity contribution in [2.75, 3.05) is 0 Å². The van der Waals surface area contributed by atoms with Crippen LogP contribution in [0.15, 0.2) is 72.3 Å². The van der Waals surface area contributed by atoms with Crippen LogP contribution in [0.25, 0.3) is 27.8 Å². The summed E-state index contributed by atoms with van der Waals surface area (Å²) >= 11 is 0.